The molecule has 0 aliphatic carbocycles. The fourth-order valence-electron chi connectivity index (χ4n) is 5.01. The number of esters is 1. The molecule has 1 saturated heterocycles. The van der Waals surface area contributed by atoms with Gasteiger partial charge in [-0.2, -0.15) is 4.98 Å². The van der Waals surface area contributed by atoms with Crippen molar-refractivity contribution in [3.05, 3.63) is 130 Å². The molecule has 10 nitrogen and oxygen atoms in total. The first-order valence-corrected chi connectivity index (χ1v) is 14.0. The van der Waals surface area contributed by atoms with Crippen molar-refractivity contribution in [2.24, 2.45) is 0 Å². The number of benzene rings is 3. The van der Waals surface area contributed by atoms with Gasteiger partial charge >= 0.3 is 11.7 Å². The zero-order chi connectivity index (χ0) is 31.1. The van der Waals surface area contributed by atoms with Crippen molar-refractivity contribution in [3.63, 3.8) is 0 Å². The average Bonchev–Trinajstić information content (AvgIpc) is 3.29. The topological polar surface area (TPSA) is 118 Å². The minimum atomic E-state index is -1.32. The highest BCUT2D eigenvalue weighted by molar-refractivity contribution is 6.03. The Morgan fingerprint density at radius 1 is 0.955 bits per heavy atom. The Kier molecular flexibility index (Phi) is 9.59. The lowest BCUT2D eigenvalue weighted by Gasteiger charge is -2.31. The first-order chi connectivity index (χ1) is 21.2. The number of nitrogens with one attached hydrogen (secondary N) is 1. The van der Waals surface area contributed by atoms with E-state index in [1.165, 1.54) is 6.92 Å². The fourth-order valence-corrected chi connectivity index (χ4v) is 5.01. The molecule has 3 aromatic carbocycles. The number of hydrogen-bond donors (Lipinski definition) is 1. The van der Waals surface area contributed by atoms with Crippen LogP contribution in [0.4, 0.5) is 10.2 Å². The van der Waals surface area contributed by atoms with Gasteiger partial charge in [-0.05, 0) is 30.2 Å². The van der Waals surface area contributed by atoms with Crippen LogP contribution in [0.2, 0.25) is 0 Å². The predicted molar refractivity (Wildman–Crippen MR) is 158 cm³/mol. The molecule has 1 amide bonds. The van der Waals surface area contributed by atoms with Crippen LogP contribution in [-0.4, -0.2) is 45.8 Å². The molecule has 1 aromatic heterocycles. The van der Waals surface area contributed by atoms with Gasteiger partial charge in [0, 0.05) is 12.5 Å². The second-order valence-corrected chi connectivity index (χ2v) is 10.5. The Morgan fingerprint density at radius 2 is 1.55 bits per heavy atom. The molecule has 1 aliphatic heterocycles. The predicted octanol–water partition coefficient (Wildman–Crippen LogP) is 4.66. The Hall–Kier alpha value is -4.71. The van der Waals surface area contributed by atoms with Gasteiger partial charge in [-0.25, -0.2) is 9.18 Å². The molecule has 4 atom stereocenters. The zero-order valence-corrected chi connectivity index (χ0v) is 24.2. The first-order valence-electron chi connectivity index (χ1n) is 14.0. The second-order valence-electron chi connectivity index (χ2n) is 10.5. The molecule has 4 aromatic rings. The highest BCUT2D eigenvalue weighted by Crippen LogP contribution is 2.41. The molecule has 44 heavy (non-hydrogen) atoms. The number of nitrogens with zero attached hydrogens (tertiary/aromatic N) is 2. The molecule has 1 fully saturated rings. The molecule has 2 heterocycles. The summed E-state index contributed by atoms with van der Waals surface area (Å²) >= 11 is 0. The minimum Gasteiger partial charge on any atom is -0.455 e. The van der Waals surface area contributed by atoms with Gasteiger partial charge in [0.25, 0.3) is 5.91 Å². The second kappa shape index (κ2) is 13.7. The molecule has 1 aliphatic rings. The van der Waals surface area contributed by atoms with Crippen molar-refractivity contribution in [1.29, 1.82) is 0 Å². The number of hydrogen-bond acceptors (Lipinski definition) is 8. The lowest BCUT2D eigenvalue weighted by Crippen LogP contribution is -2.47. The normalized spacial score (nSPS) is 21.1. The summed E-state index contributed by atoms with van der Waals surface area (Å²) in [7, 11) is 0. The third-order valence-corrected chi connectivity index (χ3v) is 7.09. The number of carbonyl (C=O) groups is 2. The quantitative estimate of drug-likeness (QED) is 0.247. The number of aromatic nitrogens is 2. The molecule has 5 rings (SSSR count). The van der Waals surface area contributed by atoms with Crippen molar-refractivity contribution < 1.29 is 32.9 Å². The van der Waals surface area contributed by atoms with Gasteiger partial charge in [-0.3, -0.25) is 14.2 Å². The largest absolute Gasteiger partial charge is 0.455 e. The fraction of sp³-hybridized carbons (Fsp3) is 0.273. The van der Waals surface area contributed by atoms with E-state index < -0.39 is 53.2 Å². The summed E-state index contributed by atoms with van der Waals surface area (Å²) in [6.07, 6.45) is -2.56. The summed E-state index contributed by atoms with van der Waals surface area (Å²) in [5.74, 6) is -2.83. The number of amides is 1. The average molecular weight is 602 g/mol. The monoisotopic (exact) mass is 601 g/mol. The maximum Gasteiger partial charge on any atom is 0.351 e. The van der Waals surface area contributed by atoms with Crippen molar-refractivity contribution in [3.8, 4) is 0 Å². The van der Waals surface area contributed by atoms with Crippen molar-refractivity contribution >= 4 is 17.7 Å². The third kappa shape index (κ3) is 7.25. The summed E-state index contributed by atoms with van der Waals surface area (Å²) < 4.78 is 40.6. The maximum atomic E-state index is 15.3. The van der Waals surface area contributed by atoms with E-state index >= 15 is 4.39 Å². The number of anilines is 1. The van der Waals surface area contributed by atoms with E-state index in [0.717, 1.165) is 21.9 Å². The number of halogens is 1. The number of carbonyl (C=O) groups excluding carboxylic acids is 2. The van der Waals surface area contributed by atoms with Gasteiger partial charge in [0.2, 0.25) is 0 Å². The lowest BCUT2D eigenvalue weighted by atomic mass is 9.97. The molecular formula is C33H32FN3O7. The molecule has 0 radical (unpaired) electrons. The number of rotatable bonds is 11. The van der Waals surface area contributed by atoms with Gasteiger partial charge in [-0.1, -0.05) is 78.9 Å². The van der Waals surface area contributed by atoms with Crippen LogP contribution in [0.3, 0.4) is 0 Å². The smallest absolute Gasteiger partial charge is 0.351 e. The highest BCUT2D eigenvalue weighted by atomic mass is 19.1. The van der Waals surface area contributed by atoms with E-state index in [0.29, 0.717) is 0 Å². The summed E-state index contributed by atoms with van der Waals surface area (Å²) in [6.45, 7) is 3.33. The Labute approximate surface area is 253 Å². The Balaban J connectivity index is 1.44. The molecule has 0 saturated carbocycles. The van der Waals surface area contributed by atoms with E-state index in [9.17, 15) is 14.4 Å². The van der Waals surface area contributed by atoms with E-state index in [4.69, 9.17) is 18.9 Å². The van der Waals surface area contributed by atoms with Crippen LogP contribution in [0.15, 0.2) is 102 Å². The highest BCUT2D eigenvalue weighted by Gasteiger charge is 2.56. The van der Waals surface area contributed by atoms with Gasteiger partial charge in [-0.15, -0.1) is 0 Å². The Morgan fingerprint density at radius 3 is 2.16 bits per heavy atom. The summed E-state index contributed by atoms with van der Waals surface area (Å²) in [5.41, 5.74) is -0.136. The standard InChI is InChI=1S/C33H32FN3O7/c1-22(38)43-27-28(42-20-24-14-8-4-9-15-24)33(2,21-41-19-23-12-6-3-7-13-23)44-31(27)37-18-26(34)29(36-32(37)40)35-30(39)25-16-10-5-11-17-25/h3-18,27-28,31H,19-21H2,1-2H3,(H,35,36,39,40)/t27-,28+,31-,33-/m1/s1. The molecule has 11 heteroatoms. The van der Waals surface area contributed by atoms with E-state index in [2.05, 4.69) is 10.3 Å². The first kappa shape index (κ1) is 30.7. The molecule has 1 N–H and O–H groups in total. The van der Waals surface area contributed by atoms with Crippen molar-refractivity contribution in [2.75, 3.05) is 11.9 Å². The van der Waals surface area contributed by atoms with Crippen molar-refractivity contribution in [2.45, 2.75) is 51.1 Å². The molecule has 228 valence electrons. The van der Waals surface area contributed by atoms with Crippen LogP contribution in [-0.2, 0) is 37.0 Å². The molecule has 0 bridgehead atoms. The van der Waals surface area contributed by atoms with Crippen LogP contribution >= 0.6 is 0 Å². The van der Waals surface area contributed by atoms with Gasteiger partial charge in [0.05, 0.1) is 26.0 Å². The van der Waals surface area contributed by atoms with Crippen LogP contribution in [0.25, 0.3) is 0 Å². The maximum absolute atomic E-state index is 15.3. The van der Waals surface area contributed by atoms with Crippen molar-refractivity contribution in [1.82, 2.24) is 9.55 Å². The van der Waals surface area contributed by atoms with Crippen LogP contribution in [0.1, 0.15) is 41.6 Å². The minimum absolute atomic E-state index is 0.00844. The van der Waals surface area contributed by atoms with E-state index in [-0.39, 0.29) is 25.4 Å². The molecule has 0 spiro atoms. The summed E-state index contributed by atoms with van der Waals surface area (Å²) in [5, 5.41) is 2.33. The molecule has 0 unspecified atom stereocenters. The lowest BCUT2D eigenvalue weighted by molar-refractivity contribution is -0.159. The van der Waals surface area contributed by atoms with E-state index in [1.807, 2.05) is 60.7 Å². The van der Waals surface area contributed by atoms with E-state index in [1.54, 1.807) is 37.3 Å². The SMILES string of the molecule is CC(=O)O[C@H]1[C@H](n2cc(F)c(NC(=O)c3ccccc3)nc2=O)O[C@](C)(COCc2ccccc2)[C@H]1OCc1ccccc1. The van der Waals surface area contributed by atoms with Gasteiger partial charge in [0.15, 0.2) is 24.0 Å². The van der Waals surface area contributed by atoms with Gasteiger partial charge in [0.1, 0.15) is 11.7 Å². The summed E-state index contributed by atoms with van der Waals surface area (Å²) in [6, 6.07) is 27.0. The molecular weight excluding hydrogens is 569 g/mol. The van der Waals surface area contributed by atoms with Gasteiger partial charge < -0.3 is 24.3 Å². The summed E-state index contributed by atoms with van der Waals surface area (Å²) in [4.78, 5) is 41.9. The van der Waals surface area contributed by atoms with Crippen LogP contribution < -0.4 is 11.0 Å². The number of ether oxygens (including phenoxy) is 4. The third-order valence-electron chi connectivity index (χ3n) is 7.09. The van der Waals surface area contributed by atoms with Crippen LogP contribution in [0, 0.1) is 5.82 Å². The Bertz CT molecular complexity index is 1640. The zero-order valence-electron chi connectivity index (χ0n) is 24.2. The van der Waals surface area contributed by atoms with Crippen LogP contribution in [0.5, 0.6) is 0 Å².